The Morgan fingerprint density at radius 2 is 1.93 bits per heavy atom. The number of benzene rings is 2. The van der Waals surface area contributed by atoms with E-state index in [2.05, 4.69) is 29.7 Å². The van der Waals surface area contributed by atoms with E-state index < -0.39 is 0 Å². The molecule has 3 rings (SSSR count). The van der Waals surface area contributed by atoms with Gasteiger partial charge in [0.25, 0.3) is 5.91 Å². The van der Waals surface area contributed by atoms with Gasteiger partial charge in [-0.3, -0.25) is 4.79 Å². The van der Waals surface area contributed by atoms with Crippen molar-refractivity contribution >= 4 is 44.7 Å². The van der Waals surface area contributed by atoms with Crippen LogP contribution >= 0.6 is 22.9 Å². The zero-order valence-corrected chi connectivity index (χ0v) is 16.8. The van der Waals surface area contributed by atoms with E-state index in [1.165, 1.54) is 11.3 Å². The number of nitrogens with zero attached hydrogens (tertiary/aromatic N) is 3. The Kier molecular flexibility index (Phi) is 6.00. The molecule has 0 atom stereocenters. The Morgan fingerprint density at radius 1 is 1.22 bits per heavy atom. The molecule has 4 nitrogen and oxygen atoms in total. The van der Waals surface area contributed by atoms with Crippen molar-refractivity contribution in [2.75, 3.05) is 18.0 Å². The van der Waals surface area contributed by atoms with Gasteiger partial charge in [-0.1, -0.05) is 34.9 Å². The summed E-state index contributed by atoms with van der Waals surface area (Å²) in [6, 6.07) is 13.2. The summed E-state index contributed by atoms with van der Waals surface area (Å²) in [6.07, 6.45) is 5.50. The van der Waals surface area contributed by atoms with Crippen LogP contribution in [0.3, 0.4) is 0 Å². The van der Waals surface area contributed by atoms with E-state index in [9.17, 15) is 4.79 Å². The topological polar surface area (TPSA) is 37.6 Å². The third-order valence-corrected chi connectivity index (χ3v) is 5.69. The zero-order chi connectivity index (χ0) is 19.4. The van der Waals surface area contributed by atoms with Crippen molar-refractivity contribution in [2.24, 2.45) is 4.99 Å². The third-order valence-electron chi connectivity index (χ3n) is 4.34. The minimum absolute atomic E-state index is 0.297. The fourth-order valence-corrected chi connectivity index (χ4v) is 4.35. The van der Waals surface area contributed by atoms with Crippen LogP contribution in [0.2, 0.25) is 5.02 Å². The van der Waals surface area contributed by atoms with Crippen molar-refractivity contribution in [3.8, 4) is 12.3 Å². The van der Waals surface area contributed by atoms with Crippen molar-refractivity contribution in [2.45, 2.75) is 20.4 Å². The molecule has 1 aromatic heterocycles. The number of amides is 1. The molecule has 0 radical (unpaired) electrons. The lowest BCUT2D eigenvalue weighted by atomic mass is 10.2. The second-order valence-corrected chi connectivity index (χ2v) is 7.31. The summed E-state index contributed by atoms with van der Waals surface area (Å²) < 4.78 is 2.76. The molecule has 6 heteroatoms. The molecule has 0 fully saturated rings. The molecule has 0 spiro atoms. The highest BCUT2D eigenvalue weighted by molar-refractivity contribution is 7.16. The molecule has 0 aliphatic rings. The average molecular weight is 398 g/mol. The molecule has 1 heterocycles. The molecule has 0 aliphatic heterocycles. The van der Waals surface area contributed by atoms with E-state index in [1.807, 2.05) is 41.0 Å². The number of hydrogen-bond acceptors (Lipinski definition) is 3. The maximum atomic E-state index is 12.7. The lowest BCUT2D eigenvalue weighted by Crippen LogP contribution is -2.21. The molecule has 0 saturated carbocycles. The van der Waals surface area contributed by atoms with Crippen LogP contribution in [-0.4, -0.2) is 23.6 Å². The standard InChI is InChI=1S/C21H20ClN3OS/c1-4-14-25-19-17(22)8-7-9-18(19)27-21(25)23-20(26)15-10-12-16(13-11-15)24(5-2)6-3/h1,7-13H,5-6,14H2,2-3H3. The van der Waals surface area contributed by atoms with Crippen molar-refractivity contribution in [1.29, 1.82) is 0 Å². The second kappa shape index (κ2) is 8.43. The normalized spacial score (nSPS) is 11.6. The monoisotopic (exact) mass is 397 g/mol. The molecule has 27 heavy (non-hydrogen) atoms. The number of fused-ring (bicyclic) bond motifs is 1. The number of hydrogen-bond donors (Lipinski definition) is 0. The smallest absolute Gasteiger partial charge is 0.279 e. The molecule has 0 saturated heterocycles. The number of terminal acetylenes is 1. The van der Waals surface area contributed by atoms with E-state index in [0.717, 1.165) is 29.0 Å². The van der Waals surface area contributed by atoms with Gasteiger partial charge in [0.1, 0.15) is 0 Å². The average Bonchev–Trinajstić information content (AvgIpc) is 3.02. The summed E-state index contributed by atoms with van der Waals surface area (Å²) in [5.74, 6) is 2.31. The highest BCUT2D eigenvalue weighted by Gasteiger charge is 2.11. The minimum Gasteiger partial charge on any atom is -0.372 e. The first-order valence-electron chi connectivity index (χ1n) is 8.74. The number of aromatic nitrogens is 1. The summed E-state index contributed by atoms with van der Waals surface area (Å²) in [7, 11) is 0. The number of carbonyl (C=O) groups excluding carboxylic acids is 1. The van der Waals surface area contributed by atoms with Crippen LogP contribution in [0, 0.1) is 12.3 Å². The Morgan fingerprint density at radius 3 is 2.56 bits per heavy atom. The van der Waals surface area contributed by atoms with Gasteiger partial charge in [-0.15, -0.1) is 6.42 Å². The fourth-order valence-electron chi connectivity index (χ4n) is 2.97. The van der Waals surface area contributed by atoms with Crippen molar-refractivity contribution in [3.63, 3.8) is 0 Å². The number of thiazole rings is 1. The van der Waals surface area contributed by atoms with Gasteiger partial charge in [0, 0.05) is 24.3 Å². The van der Waals surface area contributed by atoms with Gasteiger partial charge in [0.15, 0.2) is 4.80 Å². The molecule has 0 unspecified atom stereocenters. The second-order valence-electron chi connectivity index (χ2n) is 5.90. The zero-order valence-electron chi connectivity index (χ0n) is 15.3. The van der Waals surface area contributed by atoms with Crippen LogP contribution < -0.4 is 9.70 Å². The number of anilines is 1. The Balaban J connectivity index is 2.01. The summed E-state index contributed by atoms with van der Waals surface area (Å²) in [4.78, 5) is 19.8. The maximum absolute atomic E-state index is 12.7. The van der Waals surface area contributed by atoms with E-state index in [0.29, 0.717) is 21.9 Å². The van der Waals surface area contributed by atoms with Gasteiger partial charge in [-0.25, -0.2) is 0 Å². The lowest BCUT2D eigenvalue weighted by Gasteiger charge is -2.20. The summed E-state index contributed by atoms with van der Waals surface area (Å²) >= 11 is 7.73. The summed E-state index contributed by atoms with van der Waals surface area (Å²) in [6.45, 7) is 6.35. The molecular weight excluding hydrogens is 378 g/mol. The van der Waals surface area contributed by atoms with Gasteiger partial charge in [0.2, 0.25) is 0 Å². The van der Waals surface area contributed by atoms with Crippen molar-refractivity contribution in [3.05, 3.63) is 57.9 Å². The van der Waals surface area contributed by atoms with E-state index in [4.69, 9.17) is 18.0 Å². The number of rotatable bonds is 5. The van der Waals surface area contributed by atoms with Gasteiger partial charge >= 0.3 is 0 Å². The van der Waals surface area contributed by atoms with Crippen LogP contribution in [0.25, 0.3) is 10.2 Å². The van der Waals surface area contributed by atoms with E-state index in [1.54, 1.807) is 6.07 Å². The first-order chi connectivity index (χ1) is 13.1. The lowest BCUT2D eigenvalue weighted by molar-refractivity contribution is 0.0998. The molecule has 2 aromatic carbocycles. The first-order valence-corrected chi connectivity index (χ1v) is 9.93. The van der Waals surface area contributed by atoms with Crippen LogP contribution in [0.1, 0.15) is 24.2 Å². The van der Waals surface area contributed by atoms with Crippen LogP contribution in [0.15, 0.2) is 47.5 Å². The Labute approximate surface area is 167 Å². The molecule has 1 amide bonds. The van der Waals surface area contributed by atoms with Gasteiger partial charge in [-0.05, 0) is 50.2 Å². The van der Waals surface area contributed by atoms with Gasteiger partial charge < -0.3 is 9.47 Å². The quantitative estimate of drug-likeness (QED) is 0.591. The van der Waals surface area contributed by atoms with E-state index in [-0.39, 0.29) is 5.91 Å². The number of halogens is 1. The summed E-state index contributed by atoms with van der Waals surface area (Å²) in [5, 5.41) is 0.594. The largest absolute Gasteiger partial charge is 0.372 e. The molecular formula is C21H20ClN3OS. The molecule has 138 valence electrons. The van der Waals surface area contributed by atoms with Gasteiger partial charge in [-0.2, -0.15) is 4.99 Å². The number of carbonyl (C=O) groups is 1. The highest BCUT2D eigenvalue weighted by atomic mass is 35.5. The van der Waals surface area contributed by atoms with Crippen LogP contribution in [0.4, 0.5) is 5.69 Å². The predicted molar refractivity (Wildman–Crippen MR) is 114 cm³/mol. The minimum atomic E-state index is -0.297. The first kappa shape index (κ1) is 19.2. The summed E-state index contributed by atoms with van der Waals surface area (Å²) in [5.41, 5.74) is 2.44. The molecule has 3 aromatic rings. The SMILES string of the molecule is C#CCn1c(=NC(=O)c2ccc(N(CC)CC)cc2)sc2cccc(Cl)c21. The highest BCUT2D eigenvalue weighted by Crippen LogP contribution is 2.25. The predicted octanol–water partition coefficient (Wildman–Crippen LogP) is 4.58. The molecule has 0 N–H and O–H groups in total. The van der Waals surface area contributed by atoms with Crippen LogP contribution in [-0.2, 0) is 6.54 Å². The fraction of sp³-hybridized carbons (Fsp3) is 0.238. The van der Waals surface area contributed by atoms with Crippen molar-refractivity contribution < 1.29 is 4.79 Å². The van der Waals surface area contributed by atoms with Gasteiger partial charge in [0.05, 0.1) is 21.8 Å². The third kappa shape index (κ3) is 3.92. The Bertz CT molecular complexity index is 1070. The van der Waals surface area contributed by atoms with Crippen LogP contribution in [0.5, 0.6) is 0 Å². The van der Waals surface area contributed by atoms with Crippen molar-refractivity contribution in [1.82, 2.24) is 4.57 Å². The molecule has 0 bridgehead atoms. The van der Waals surface area contributed by atoms with E-state index >= 15 is 0 Å². The number of para-hydroxylation sites is 1. The molecule has 0 aliphatic carbocycles. The Hall–Kier alpha value is -2.55. The maximum Gasteiger partial charge on any atom is 0.279 e.